The zero-order chi connectivity index (χ0) is 18.0. The number of hydrogen-bond donors (Lipinski definition) is 2. The smallest absolute Gasteiger partial charge is 0.170 e. The van der Waals surface area contributed by atoms with Crippen LogP contribution in [0.2, 0.25) is 0 Å². The predicted molar refractivity (Wildman–Crippen MR) is 103 cm³/mol. The lowest BCUT2D eigenvalue weighted by atomic mass is 10.2. The highest BCUT2D eigenvalue weighted by molar-refractivity contribution is 5.54. The van der Waals surface area contributed by atoms with E-state index in [1.54, 1.807) is 0 Å². The molecule has 0 fully saturated rings. The van der Waals surface area contributed by atoms with Gasteiger partial charge in [-0.05, 0) is 86.0 Å². The summed E-state index contributed by atoms with van der Waals surface area (Å²) in [5.74, 6) is 2.73. The van der Waals surface area contributed by atoms with Gasteiger partial charge in [0.25, 0.3) is 0 Å². The summed E-state index contributed by atoms with van der Waals surface area (Å²) >= 11 is 0. The Labute approximate surface area is 148 Å². The zero-order valence-electron chi connectivity index (χ0n) is 14.7. The molecule has 128 valence electrons. The number of benzene rings is 3. The largest absolute Gasteiger partial charge is 0.453 e. The summed E-state index contributed by atoms with van der Waals surface area (Å²) < 4.78 is 12.1. The molecule has 0 heterocycles. The molecule has 0 aromatic heterocycles. The van der Waals surface area contributed by atoms with E-state index in [0.29, 0.717) is 17.2 Å². The van der Waals surface area contributed by atoms with Crippen LogP contribution in [0.5, 0.6) is 23.0 Å². The molecular weight excluding hydrogens is 312 g/mol. The average molecular weight is 334 g/mol. The van der Waals surface area contributed by atoms with Crippen molar-refractivity contribution in [1.82, 2.24) is 0 Å². The van der Waals surface area contributed by atoms with Crippen molar-refractivity contribution in [2.45, 2.75) is 20.8 Å². The molecule has 4 heteroatoms. The maximum Gasteiger partial charge on any atom is 0.170 e. The molecule has 0 unspecified atom stereocenters. The lowest BCUT2D eigenvalue weighted by Crippen LogP contribution is -1.94. The number of aryl methyl sites for hydroxylation is 3. The van der Waals surface area contributed by atoms with Crippen LogP contribution in [0.3, 0.4) is 0 Å². The van der Waals surface area contributed by atoms with Crippen molar-refractivity contribution < 1.29 is 9.47 Å². The van der Waals surface area contributed by atoms with E-state index >= 15 is 0 Å². The van der Waals surface area contributed by atoms with Gasteiger partial charge in [-0.1, -0.05) is 6.07 Å². The Bertz CT molecular complexity index is 920. The van der Waals surface area contributed by atoms with Crippen molar-refractivity contribution in [1.29, 1.82) is 0 Å². The summed E-state index contributed by atoms with van der Waals surface area (Å²) in [5, 5.41) is 0. The highest BCUT2D eigenvalue weighted by atomic mass is 16.5. The topological polar surface area (TPSA) is 70.5 Å². The third kappa shape index (κ3) is 3.86. The molecule has 0 spiro atoms. The predicted octanol–water partition coefficient (Wildman–Crippen LogP) is 5.36. The molecule has 0 aliphatic rings. The van der Waals surface area contributed by atoms with Crippen LogP contribution in [0.25, 0.3) is 0 Å². The van der Waals surface area contributed by atoms with E-state index in [0.717, 1.165) is 33.8 Å². The third-order valence-corrected chi connectivity index (χ3v) is 4.04. The van der Waals surface area contributed by atoms with Crippen LogP contribution in [0, 0.1) is 20.8 Å². The van der Waals surface area contributed by atoms with Gasteiger partial charge in [0.15, 0.2) is 11.5 Å². The normalized spacial score (nSPS) is 10.5. The van der Waals surface area contributed by atoms with Gasteiger partial charge in [0.05, 0.1) is 0 Å². The van der Waals surface area contributed by atoms with E-state index < -0.39 is 0 Å². The van der Waals surface area contributed by atoms with E-state index in [9.17, 15) is 0 Å². The molecule has 4 N–H and O–H groups in total. The fourth-order valence-electron chi connectivity index (χ4n) is 2.46. The first-order valence-corrected chi connectivity index (χ1v) is 8.11. The number of nitrogens with two attached hydrogens (primary N) is 2. The highest BCUT2D eigenvalue weighted by Crippen LogP contribution is 2.36. The Kier molecular flexibility index (Phi) is 4.52. The van der Waals surface area contributed by atoms with E-state index in [2.05, 4.69) is 0 Å². The van der Waals surface area contributed by atoms with Gasteiger partial charge in [0.2, 0.25) is 0 Å². The first kappa shape index (κ1) is 16.7. The molecule has 0 bridgehead atoms. The van der Waals surface area contributed by atoms with Crippen LogP contribution in [0.4, 0.5) is 11.4 Å². The third-order valence-electron chi connectivity index (χ3n) is 4.04. The van der Waals surface area contributed by atoms with Crippen molar-refractivity contribution in [2.75, 3.05) is 11.5 Å². The minimum absolute atomic E-state index is 0.643. The monoisotopic (exact) mass is 334 g/mol. The summed E-state index contributed by atoms with van der Waals surface area (Å²) in [6.45, 7) is 5.91. The molecule has 0 saturated heterocycles. The number of hydrogen-bond acceptors (Lipinski definition) is 4. The molecule has 0 aliphatic heterocycles. The lowest BCUT2D eigenvalue weighted by Gasteiger charge is -2.14. The number of anilines is 2. The Morgan fingerprint density at radius 3 is 1.64 bits per heavy atom. The quantitative estimate of drug-likeness (QED) is 0.630. The first-order valence-electron chi connectivity index (χ1n) is 8.11. The second-order valence-corrected chi connectivity index (χ2v) is 6.19. The Morgan fingerprint density at radius 2 is 1.12 bits per heavy atom. The standard InChI is InChI=1S/C21H22N2O2/c1-13-4-9-20(24-16-5-7-18(22)14(2)11-16)21(10-13)25-17-6-8-19(23)15(3)12-17/h4-12H,22-23H2,1-3H3. The highest BCUT2D eigenvalue weighted by Gasteiger charge is 2.10. The Hall–Kier alpha value is -3.14. The van der Waals surface area contributed by atoms with Crippen molar-refractivity contribution in [2.24, 2.45) is 0 Å². The van der Waals surface area contributed by atoms with Gasteiger partial charge >= 0.3 is 0 Å². The summed E-state index contributed by atoms with van der Waals surface area (Å²) in [6, 6.07) is 17.0. The van der Waals surface area contributed by atoms with Crippen LogP contribution in [0.15, 0.2) is 54.6 Å². The molecule has 0 atom stereocenters. The SMILES string of the molecule is Cc1ccc(Oc2ccc(N)c(C)c2)c(Oc2ccc(N)c(C)c2)c1. The van der Waals surface area contributed by atoms with Gasteiger partial charge in [-0.2, -0.15) is 0 Å². The van der Waals surface area contributed by atoms with Crippen molar-refractivity contribution in [3.63, 3.8) is 0 Å². The maximum atomic E-state index is 6.05. The van der Waals surface area contributed by atoms with Gasteiger partial charge < -0.3 is 20.9 Å². The van der Waals surface area contributed by atoms with E-state index in [1.165, 1.54) is 0 Å². The average Bonchev–Trinajstić information content (AvgIpc) is 2.57. The Balaban J connectivity index is 1.91. The minimum atomic E-state index is 0.643. The molecule has 0 aliphatic carbocycles. The summed E-state index contributed by atoms with van der Waals surface area (Å²) in [7, 11) is 0. The summed E-state index contributed by atoms with van der Waals surface area (Å²) in [6.07, 6.45) is 0. The van der Waals surface area contributed by atoms with Gasteiger partial charge in [0.1, 0.15) is 11.5 Å². The van der Waals surface area contributed by atoms with E-state index in [4.69, 9.17) is 20.9 Å². The van der Waals surface area contributed by atoms with Crippen molar-refractivity contribution in [3.8, 4) is 23.0 Å². The van der Waals surface area contributed by atoms with Crippen LogP contribution in [-0.4, -0.2) is 0 Å². The number of ether oxygens (including phenoxy) is 2. The molecular formula is C21H22N2O2. The number of rotatable bonds is 4. The van der Waals surface area contributed by atoms with Gasteiger partial charge in [-0.15, -0.1) is 0 Å². The second kappa shape index (κ2) is 6.77. The van der Waals surface area contributed by atoms with Gasteiger partial charge in [-0.3, -0.25) is 0 Å². The van der Waals surface area contributed by atoms with E-state index in [-0.39, 0.29) is 0 Å². The van der Waals surface area contributed by atoms with Crippen LogP contribution in [-0.2, 0) is 0 Å². The molecule has 3 aromatic rings. The maximum absolute atomic E-state index is 6.05. The lowest BCUT2D eigenvalue weighted by molar-refractivity contribution is 0.418. The zero-order valence-corrected chi connectivity index (χ0v) is 14.7. The minimum Gasteiger partial charge on any atom is -0.453 e. The number of nitrogen functional groups attached to an aromatic ring is 2. The van der Waals surface area contributed by atoms with Crippen molar-refractivity contribution >= 4 is 11.4 Å². The van der Waals surface area contributed by atoms with E-state index in [1.807, 2.05) is 75.4 Å². The van der Waals surface area contributed by atoms with Crippen molar-refractivity contribution in [3.05, 3.63) is 71.3 Å². The molecule has 25 heavy (non-hydrogen) atoms. The summed E-state index contributed by atoms with van der Waals surface area (Å²) in [5.41, 5.74) is 16.3. The molecule has 4 nitrogen and oxygen atoms in total. The first-order chi connectivity index (χ1) is 11.9. The molecule has 0 amide bonds. The molecule has 0 saturated carbocycles. The molecule has 0 radical (unpaired) electrons. The Morgan fingerprint density at radius 1 is 0.600 bits per heavy atom. The van der Waals surface area contributed by atoms with Gasteiger partial charge in [0, 0.05) is 11.4 Å². The van der Waals surface area contributed by atoms with Gasteiger partial charge in [-0.25, -0.2) is 0 Å². The summed E-state index contributed by atoms with van der Waals surface area (Å²) in [4.78, 5) is 0. The van der Waals surface area contributed by atoms with Crippen LogP contribution >= 0.6 is 0 Å². The molecule has 3 rings (SSSR count). The second-order valence-electron chi connectivity index (χ2n) is 6.19. The fourth-order valence-corrected chi connectivity index (χ4v) is 2.46. The fraction of sp³-hybridized carbons (Fsp3) is 0.143. The molecule has 3 aromatic carbocycles. The van der Waals surface area contributed by atoms with Crippen LogP contribution in [0.1, 0.15) is 16.7 Å². The van der Waals surface area contributed by atoms with Crippen LogP contribution < -0.4 is 20.9 Å².